The lowest BCUT2D eigenvalue weighted by atomic mass is 10.1. The molecule has 0 aliphatic carbocycles. The van der Waals surface area contributed by atoms with Gasteiger partial charge in [-0.15, -0.1) is 0 Å². The Labute approximate surface area is 178 Å². The molecule has 0 radical (unpaired) electrons. The van der Waals surface area contributed by atoms with Gasteiger partial charge >= 0.3 is 0 Å². The third kappa shape index (κ3) is 4.17. The SMILES string of the molecule is COc1ccc(-c2cc(=Nc3c(C)cc(C)cc3C)n(C)c(N(C)C)n2)cc1OC. The number of aromatic nitrogens is 2. The molecule has 6 heteroatoms. The fraction of sp³-hybridized carbons (Fsp3) is 0.333. The average Bonchev–Trinajstić information content (AvgIpc) is 2.70. The minimum Gasteiger partial charge on any atom is -0.493 e. The van der Waals surface area contributed by atoms with Crippen LogP contribution >= 0.6 is 0 Å². The molecular weight excluding hydrogens is 376 g/mol. The summed E-state index contributed by atoms with van der Waals surface area (Å²) in [6.45, 7) is 6.31. The van der Waals surface area contributed by atoms with Gasteiger partial charge in [-0.3, -0.25) is 4.57 Å². The van der Waals surface area contributed by atoms with Crippen molar-refractivity contribution in [3.8, 4) is 22.8 Å². The van der Waals surface area contributed by atoms with Gasteiger partial charge in [0.15, 0.2) is 11.5 Å². The van der Waals surface area contributed by atoms with Gasteiger partial charge in [-0.25, -0.2) is 9.98 Å². The maximum atomic E-state index is 5.48. The van der Waals surface area contributed by atoms with Crippen molar-refractivity contribution in [3.63, 3.8) is 0 Å². The highest BCUT2D eigenvalue weighted by Crippen LogP contribution is 2.32. The van der Waals surface area contributed by atoms with Gasteiger partial charge in [0.2, 0.25) is 5.95 Å². The zero-order valence-corrected chi connectivity index (χ0v) is 19.1. The van der Waals surface area contributed by atoms with Crippen molar-refractivity contribution in [1.82, 2.24) is 9.55 Å². The van der Waals surface area contributed by atoms with Crippen molar-refractivity contribution in [2.45, 2.75) is 20.8 Å². The standard InChI is InChI=1S/C24H30N4O2/c1-15-11-16(2)23(17(3)12-15)26-22-14-19(25-24(27(4)5)28(22)6)18-9-10-20(29-7)21(13-18)30-8/h9-14H,1-8H3. The predicted octanol–water partition coefficient (Wildman–Crippen LogP) is 4.33. The Hall–Kier alpha value is -3.28. The van der Waals surface area contributed by atoms with Crippen molar-refractivity contribution in [3.05, 3.63) is 58.6 Å². The first-order valence-electron chi connectivity index (χ1n) is 9.85. The van der Waals surface area contributed by atoms with E-state index in [9.17, 15) is 0 Å². The molecule has 0 N–H and O–H groups in total. The van der Waals surface area contributed by atoms with E-state index in [1.807, 2.05) is 54.9 Å². The van der Waals surface area contributed by atoms with E-state index in [0.717, 1.165) is 39.5 Å². The fourth-order valence-corrected chi connectivity index (χ4v) is 3.65. The third-order valence-corrected chi connectivity index (χ3v) is 5.07. The molecule has 0 saturated carbocycles. The molecule has 1 aromatic heterocycles. The van der Waals surface area contributed by atoms with E-state index in [1.165, 1.54) is 5.56 Å². The number of aryl methyl sites for hydroxylation is 3. The van der Waals surface area contributed by atoms with Crippen LogP contribution in [0.25, 0.3) is 11.3 Å². The fourth-order valence-electron chi connectivity index (χ4n) is 3.65. The van der Waals surface area contributed by atoms with Gasteiger partial charge in [0.05, 0.1) is 25.6 Å². The second kappa shape index (κ2) is 8.61. The first kappa shape index (κ1) is 21.4. The average molecular weight is 407 g/mol. The molecule has 3 rings (SSSR count). The Morgan fingerprint density at radius 2 is 1.53 bits per heavy atom. The zero-order valence-electron chi connectivity index (χ0n) is 19.1. The summed E-state index contributed by atoms with van der Waals surface area (Å²) >= 11 is 0. The van der Waals surface area contributed by atoms with Crippen LogP contribution in [0.1, 0.15) is 16.7 Å². The first-order valence-corrected chi connectivity index (χ1v) is 9.85. The first-order chi connectivity index (χ1) is 14.2. The number of methoxy groups -OCH3 is 2. The summed E-state index contributed by atoms with van der Waals surface area (Å²) < 4.78 is 12.9. The molecule has 0 unspecified atom stereocenters. The molecule has 6 nitrogen and oxygen atoms in total. The lowest BCUT2D eigenvalue weighted by molar-refractivity contribution is 0.355. The summed E-state index contributed by atoms with van der Waals surface area (Å²) in [6.07, 6.45) is 0. The van der Waals surface area contributed by atoms with Crippen LogP contribution in [0.3, 0.4) is 0 Å². The van der Waals surface area contributed by atoms with E-state index < -0.39 is 0 Å². The predicted molar refractivity (Wildman–Crippen MR) is 122 cm³/mol. The maximum absolute atomic E-state index is 5.48. The molecule has 0 aliphatic heterocycles. The molecule has 0 fully saturated rings. The summed E-state index contributed by atoms with van der Waals surface area (Å²) in [5.41, 5.74) is 7.12. The van der Waals surface area contributed by atoms with Crippen LogP contribution in [0, 0.1) is 20.8 Å². The molecule has 30 heavy (non-hydrogen) atoms. The molecule has 0 aliphatic rings. The van der Waals surface area contributed by atoms with E-state index in [4.69, 9.17) is 19.5 Å². The smallest absolute Gasteiger partial charge is 0.206 e. The Morgan fingerprint density at radius 1 is 0.900 bits per heavy atom. The van der Waals surface area contributed by atoms with Crippen molar-refractivity contribution >= 4 is 11.6 Å². The zero-order chi connectivity index (χ0) is 22.0. The summed E-state index contributed by atoms with van der Waals surface area (Å²) in [6, 6.07) is 12.1. The summed E-state index contributed by atoms with van der Waals surface area (Å²) in [5, 5.41) is 0. The summed E-state index contributed by atoms with van der Waals surface area (Å²) in [5.74, 6) is 2.16. The van der Waals surface area contributed by atoms with Gasteiger partial charge in [0.25, 0.3) is 0 Å². The van der Waals surface area contributed by atoms with E-state index in [1.54, 1.807) is 14.2 Å². The molecule has 0 atom stereocenters. The molecule has 1 heterocycles. The quantitative estimate of drug-likeness (QED) is 0.633. The lowest BCUT2D eigenvalue weighted by Gasteiger charge is -2.18. The van der Waals surface area contributed by atoms with Crippen LogP contribution < -0.4 is 19.9 Å². The molecule has 0 bridgehead atoms. The molecule has 0 saturated heterocycles. The third-order valence-electron chi connectivity index (χ3n) is 5.07. The van der Waals surface area contributed by atoms with Crippen LogP contribution in [0.15, 0.2) is 41.4 Å². The van der Waals surface area contributed by atoms with E-state index in [-0.39, 0.29) is 0 Å². The molecule has 3 aromatic rings. The molecule has 0 spiro atoms. The van der Waals surface area contributed by atoms with Gasteiger partial charge in [0, 0.05) is 32.8 Å². The Kier molecular flexibility index (Phi) is 6.15. The summed E-state index contributed by atoms with van der Waals surface area (Å²) in [7, 11) is 9.21. The van der Waals surface area contributed by atoms with Crippen molar-refractivity contribution < 1.29 is 9.47 Å². The van der Waals surface area contributed by atoms with Crippen molar-refractivity contribution in [2.75, 3.05) is 33.2 Å². The topological polar surface area (TPSA) is 51.9 Å². The molecule has 0 amide bonds. The number of rotatable bonds is 5. The monoisotopic (exact) mass is 406 g/mol. The highest BCUT2D eigenvalue weighted by Gasteiger charge is 2.12. The molecule has 158 valence electrons. The molecule has 2 aromatic carbocycles. The van der Waals surface area contributed by atoms with Crippen LogP contribution in [-0.2, 0) is 7.05 Å². The number of benzene rings is 2. The lowest BCUT2D eigenvalue weighted by Crippen LogP contribution is -2.26. The Balaban J connectivity index is 2.27. The normalized spacial score (nSPS) is 11.5. The van der Waals surface area contributed by atoms with E-state index in [2.05, 4.69) is 32.9 Å². The van der Waals surface area contributed by atoms with E-state index in [0.29, 0.717) is 11.5 Å². The Bertz CT molecular complexity index is 1120. The minimum atomic E-state index is 0.667. The minimum absolute atomic E-state index is 0.667. The van der Waals surface area contributed by atoms with Gasteiger partial charge in [0.1, 0.15) is 5.49 Å². The maximum Gasteiger partial charge on any atom is 0.206 e. The number of hydrogen-bond donors (Lipinski definition) is 0. The van der Waals surface area contributed by atoms with Crippen LogP contribution in [0.2, 0.25) is 0 Å². The van der Waals surface area contributed by atoms with Gasteiger partial charge in [-0.2, -0.15) is 0 Å². The van der Waals surface area contributed by atoms with Crippen LogP contribution in [0.4, 0.5) is 11.6 Å². The summed E-state index contributed by atoms with van der Waals surface area (Å²) in [4.78, 5) is 11.9. The van der Waals surface area contributed by atoms with Crippen LogP contribution in [-0.4, -0.2) is 37.9 Å². The largest absolute Gasteiger partial charge is 0.493 e. The highest BCUT2D eigenvalue weighted by atomic mass is 16.5. The van der Waals surface area contributed by atoms with Gasteiger partial charge < -0.3 is 14.4 Å². The second-order valence-corrected chi connectivity index (χ2v) is 7.68. The molecular formula is C24H30N4O2. The Morgan fingerprint density at radius 3 is 2.10 bits per heavy atom. The van der Waals surface area contributed by atoms with Crippen molar-refractivity contribution in [2.24, 2.45) is 12.0 Å². The number of ether oxygens (including phenoxy) is 2. The number of nitrogens with zero attached hydrogens (tertiary/aromatic N) is 4. The van der Waals surface area contributed by atoms with Gasteiger partial charge in [-0.05, 0) is 50.1 Å². The van der Waals surface area contributed by atoms with Gasteiger partial charge in [-0.1, -0.05) is 17.7 Å². The van der Waals surface area contributed by atoms with Crippen LogP contribution in [0.5, 0.6) is 11.5 Å². The highest BCUT2D eigenvalue weighted by molar-refractivity contribution is 5.65. The second-order valence-electron chi connectivity index (χ2n) is 7.68. The number of hydrogen-bond acceptors (Lipinski definition) is 5. The number of anilines is 1. The van der Waals surface area contributed by atoms with E-state index >= 15 is 0 Å². The van der Waals surface area contributed by atoms with Crippen molar-refractivity contribution in [1.29, 1.82) is 0 Å².